The Hall–Kier alpha value is -2.29. The van der Waals surface area contributed by atoms with Crippen molar-refractivity contribution < 1.29 is 9.53 Å². The lowest BCUT2D eigenvalue weighted by atomic mass is 9.92. The number of hydrogen-bond donors (Lipinski definition) is 1. The molecule has 2 aromatic carbocycles. The summed E-state index contributed by atoms with van der Waals surface area (Å²) in [4.78, 5) is 12.1. The van der Waals surface area contributed by atoms with E-state index >= 15 is 0 Å². The molecule has 0 saturated carbocycles. The van der Waals surface area contributed by atoms with E-state index in [1.54, 1.807) is 0 Å². The van der Waals surface area contributed by atoms with E-state index in [-0.39, 0.29) is 5.91 Å². The molecule has 1 unspecified atom stereocenters. The molecular weight excluding hydrogens is 286 g/mol. The second-order valence-corrected chi connectivity index (χ2v) is 6.36. The fourth-order valence-corrected chi connectivity index (χ4v) is 3.89. The Labute approximate surface area is 136 Å². The van der Waals surface area contributed by atoms with Gasteiger partial charge in [0.2, 0.25) is 0 Å². The number of hydrogen-bond acceptors (Lipinski definition) is 2. The standard InChI is InChI=1S/C20H21NO2/c22-20(16-4-2-1-3-5-16)21-12-10-15-7-6-14-8-9-18-17(19(14)15)11-13-23-18/h1-5,8-9,15H,6-7,10-13H2,(H,21,22). The van der Waals surface area contributed by atoms with E-state index in [1.165, 1.54) is 23.1 Å². The Balaban J connectivity index is 1.41. The molecule has 1 heterocycles. The zero-order valence-corrected chi connectivity index (χ0v) is 13.2. The van der Waals surface area contributed by atoms with Crippen LogP contribution < -0.4 is 10.1 Å². The molecule has 0 aromatic heterocycles. The molecule has 0 saturated heterocycles. The Morgan fingerprint density at radius 3 is 2.87 bits per heavy atom. The van der Waals surface area contributed by atoms with E-state index in [4.69, 9.17) is 4.74 Å². The second-order valence-electron chi connectivity index (χ2n) is 6.36. The molecule has 1 aliphatic carbocycles. The molecule has 1 amide bonds. The van der Waals surface area contributed by atoms with Gasteiger partial charge in [0.15, 0.2) is 0 Å². The average molecular weight is 307 g/mol. The first-order chi connectivity index (χ1) is 11.3. The predicted octanol–water partition coefficient (Wildman–Crippen LogP) is 3.47. The summed E-state index contributed by atoms with van der Waals surface area (Å²) in [6.45, 7) is 1.53. The zero-order chi connectivity index (χ0) is 15.6. The Kier molecular flexibility index (Phi) is 3.78. The van der Waals surface area contributed by atoms with Gasteiger partial charge in [-0.3, -0.25) is 4.79 Å². The highest BCUT2D eigenvalue weighted by Crippen LogP contribution is 2.42. The summed E-state index contributed by atoms with van der Waals surface area (Å²) in [5.74, 6) is 1.65. The first-order valence-corrected chi connectivity index (χ1v) is 8.43. The summed E-state index contributed by atoms with van der Waals surface area (Å²) in [7, 11) is 0. The molecule has 118 valence electrons. The first-order valence-electron chi connectivity index (χ1n) is 8.43. The van der Waals surface area contributed by atoms with Crippen molar-refractivity contribution in [1.29, 1.82) is 0 Å². The molecule has 1 N–H and O–H groups in total. The van der Waals surface area contributed by atoms with Crippen LogP contribution in [0.2, 0.25) is 0 Å². The molecular formula is C20H21NO2. The lowest BCUT2D eigenvalue weighted by Gasteiger charge is -2.15. The van der Waals surface area contributed by atoms with Crippen LogP contribution >= 0.6 is 0 Å². The second kappa shape index (κ2) is 6.07. The molecule has 2 aliphatic rings. The maximum Gasteiger partial charge on any atom is 0.251 e. The lowest BCUT2D eigenvalue weighted by molar-refractivity contribution is 0.0952. The molecule has 1 aliphatic heterocycles. The van der Waals surface area contributed by atoms with E-state index in [2.05, 4.69) is 17.4 Å². The minimum atomic E-state index is 0.0189. The molecule has 0 spiro atoms. The number of fused-ring (bicyclic) bond motifs is 3. The highest BCUT2D eigenvalue weighted by atomic mass is 16.5. The van der Waals surface area contributed by atoms with Gasteiger partial charge in [-0.05, 0) is 54.5 Å². The van der Waals surface area contributed by atoms with E-state index in [9.17, 15) is 4.79 Å². The van der Waals surface area contributed by atoms with E-state index in [1.807, 2.05) is 30.3 Å². The average Bonchev–Trinajstić information content (AvgIpc) is 3.21. The summed E-state index contributed by atoms with van der Waals surface area (Å²) < 4.78 is 5.70. The monoisotopic (exact) mass is 307 g/mol. The van der Waals surface area contributed by atoms with Crippen LogP contribution in [-0.4, -0.2) is 19.1 Å². The Bertz CT molecular complexity index is 724. The number of rotatable bonds is 4. The topological polar surface area (TPSA) is 38.3 Å². The van der Waals surface area contributed by atoms with Gasteiger partial charge in [0.1, 0.15) is 5.75 Å². The van der Waals surface area contributed by atoms with Crippen molar-refractivity contribution in [2.24, 2.45) is 0 Å². The van der Waals surface area contributed by atoms with Gasteiger partial charge < -0.3 is 10.1 Å². The predicted molar refractivity (Wildman–Crippen MR) is 90.1 cm³/mol. The Morgan fingerprint density at radius 2 is 2.00 bits per heavy atom. The maximum absolute atomic E-state index is 12.1. The fraction of sp³-hybridized carbons (Fsp3) is 0.350. The van der Waals surface area contributed by atoms with Crippen molar-refractivity contribution >= 4 is 5.91 Å². The van der Waals surface area contributed by atoms with Crippen LogP contribution in [0.25, 0.3) is 0 Å². The molecule has 0 bridgehead atoms. The first kappa shape index (κ1) is 14.3. The quantitative estimate of drug-likeness (QED) is 0.939. The summed E-state index contributed by atoms with van der Waals surface area (Å²) in [6.07, 6.45) is 4.38. The van der Waals surface area contributed by atoms with Gasteiger partial charge in [0.25, 0.3) is 5.91 Å². The van der Waals surface area contributed by atoms with Crippen LogP contribution in [0.4, 0.5) is 0 Å². The highest BCUT2D eigenvalue weighted by Gasteiger charge is 2.29. The third-order valence-electron chi connectivity index (χ3n) is 5.00. The van der Waals surface area contributed by atoms with E-state index < -0.39 is 0 Å². The minimum Gasteiger partial charge on any atom is -0.493 e. The molecule has 2 aromatic rings. The van der Waals surface area contributed by atoms with Gasteiger partial charge in [0, 0.05) is 24.1 Å². The third kappa shape index (κ3) is 2.72. The summed E-state index contributed by atoms with van der Waals surface area (Å²) in [5.41, 5.74) is 5.13. The van der Waals surface area contributed by atoms with Crippen molar-refractivity contribution in [2.45, 2.75) is 31.6 Å². The van der Waals surface area contributed by atoms with Crippen molar-refractivity contribution in [3.63, 3.8) is 0 Å². The molecule has 3 heteroatoms. The maximum atomic E-state index is 12.1. The summed E-state index contributed by atoms with van der Waals surface area (Å²) in [6, 6.07) is 13.8. The van der Waals surface area contributed by atoms with Gasteiger partial charge in [-0.15, -0.1) is 0 Å². The van der Waals surface area contributed by atoms with Crippen molar-refractivity contribution in [1.82, 2.24) is 5.32 Å². The number of benzene rings is 2. The van der Waals surface area contributed by atoms with Crippen molar-refractivity contribution in [3.8, 4) is 5.75 Å². The normalized spacial score (nSPS) is 18.2. The number of ether oxygens (including phenoxy) is 1. The number of carbonyl (C=O) groups excluding carboxylic acids is 1. The van der Waals surface area contributed by atoms with E-state index in [0.717, 1.165) is 43.7 Å². The molecule has 3 nitrogen and oxygen atoms in total. The Morgan fingerprint density at radius 1 is 1.13 bits per heavy atom. The molecule has 1 atom stereocenters. The largest absolute Gasteiger partial charge is 0.493 e. The third-order valence-corrected chi connectivity index (χ3v) is 5.00. The zero-order valence-electron chi connectivity index (χ0n) is 13.2. The van der Waals surface area contributed by atoms with Crippen LogP contribution in [0.3, 0.4) is 0 Å². The van der Waals surface area contributed by atoms with Gasteiger partial charge in [-0.25, -0.2) is 0 Å². The summed E-state index contributed by atoms with van der Waals surface area (Å²) in [5, 5.41) is 3.05. The van der Waals surface area contributed by atoms with Crippen LogP contribution in [0, 0.1) is 0 Å². The van der Waals surface area contributed by atoms with Crippen LogP contribution in [-0.2, 0) is 12.8 Å². The van der Waals surface area contributed by atoms with Gasteiger partial charge in [0.05, 0.1) is 6.61 Å². The van der Waals surface area contributed by atoms with E-state index in [0.29, 0.717) is 5.92 Å². The van der Waals surface area contributed by atoms with Crippen LogP contribution in [0.15, 0.2) is 42.5 Å². The molecule has 0 radical (unpaired) electrons. The number of carbonyl (C=O) groups is 1. The molecule has 23 heavy (non-hydrogen) atoms. The van der Waals surface area contributed by atoms with Crippen LogP contribution in [0.5, 0.6) is 5.75 Å². The van der Waals surface area contributed by atoms with Gasteiger partial charge >= 0.3 is 0 Å². The SMILES string of the molecule is O=C(NCCC1CCc2ccc3c(c21)CCO3)c1ccccc1. The van der Waals surface area contributed by atoms with Crippen LogP contribution in [0.1, 0.15) is 45.8 Å². The molecule has 0 fully saturated rings. The molecule has 4 rings (SSSR count). The summed E-state index contributed by atoms with van der Waals surface area (Å²) >= 11 is 0. The highest BCUT2D eigenvalue weighted by molar-refractivity contribution is 5.94. The number of aryl methyl sites for hydroxylation is 1. The van der Waals surface area contributed by atoms with Crippen molar-refractivity contribution in [2.75, 3.05) is 13.2 Å². The number of nitrogens with one attached hydrogen (secondary N) is 1. The lowest BCUT2D eigenvalue weighted by Crippen LogP contribution is -2.25. The fourth-order valence-electron chi connectivity index (χ4n) is 3.89. The smallest absolute Gasteiger partial charge is 0.251 e. The van der Waals surface area contributed by atoms with Crippen molar-refractivity contribution in [3.05, 3.63) is 64.7 Å². The minimum absolute atomic E-state index is 0.0189. The van der Waals surface area contributed by atoms with Gasteiger partial charge in [-0.2, -0.15) is 0 Å². The number of amides is 1. The van der Waals surface area contributed by atoms with Gasteiger partial charge in [-0.1, -0.05) is 24.3 Å².